The third-order valence-corrected chi connectivity index (χ3v) is 5.49. The molecule has 2 aromatic carbocycles. The van der Waals surface area contributed by atoms with E-state index in [1.807, 2.05) is 25.2 Å². The van der Waals surface area contributed by atoms with Crippen LogP contribution in [0.2, 0.25) is 0 Å². The molecule has 29 heavy (non-hydrogen) atoms. The molecule has 1 saturated heterocycles. The van der Waals surface area contributed by atoms with E-state index in [9.17, 15) is 0 Å². The van der Waals surface area contributed by atoms with Crippen LogP contribution in [0.4, 0.5) is 0 Å². The fraction of sp³-hybridized carbons (Fsp3) is 0.391. The number of aromatic nitrogens is 2. The smallest absolute Gasteiger partial charge is 0.191 e. The van der Waals surface area contributed by atoms with Crippen LogP contribution in [0.25, 0.3) is 11.0 Å². The number of likely N-dealkylation sites (tertiary alicyclic amines) is 1. The van der Waals surface area contributed by atoms with Gasteiger partial charge in [-0.1, -0.05) is 42.5 Å². The minimum Gasteiger partial charge on any atom is -0.356 e. The number of fused-ring (bicyclic) bond motifs is 1. The van der Waals surface area contributed by atoms with E-state index in [2.05, 4.69) is 66.9 Å². The topological polar surface area (TPSA) is 68.3 Å². The maximum atomic E-state index is 4.63. The molecule has 0 unspecified atom stereocenters. The Labute approximate surface area is 172 Å². The number of aliphatic imine (C=N–C) groups is 1. The number of rotatable bonds is 6. The molecule has 6 heteroatoms. The van der Waals surface area contributed by atoms with Crippen molar-refractivity contribution in [1.82, 2.24) is 25.5 Å². The van der Waals surface area contributed by atoms with Gasteiger partial charge >= 0.3 is 0 Å². The molecule has 0 spiro atoms. The molecule has 0 radical (unpaired) electrons. The predicted octanol–water partition coefficient (Wildman–Crippen LogP) is 2.94. The van der Waals surface area contributed by atoms with Gasteiger partial charge < -0.3 is 15.6 Å². The van der Waals surface area contributed by atoms with E-state index in [-0.39, 0.29) is 0 Å². The monoisotopic (exact) mass is 390 g/mol. The van der Waals surface area contributed by atoms with Gasteiger partial charge in [0.25, 0.3) is 0 Å². The van der Waals surface area contributed by atoms with Crippen molar-refractivity contribution in [2.75, 3.05) is 26.7 Å². The van der Waals surface area contributed by atoms with E-state index in [0.717, 1.165) is 68.3 Å². The molecule has 0 bridgehead atoms. The predicted molar refractivity (Wildman–Crippen MR) is 119 cm³/mol. The van der Waals surface area contributed by atoms with Gasteiger partial charge in [0.05, 0.1) is 11.0 Å². The average Bonchev–Trinajstić information content (AvgIpc) is 3.18. The van der Waals surface area contributed by atoms with Gasteiger partial charge in [-0.3, -0.25) is 9.89 Å². The Morgan fingerprint density at radius 2 is 1.86 bits per heavy atom. The van der Waals surface area contributed by atoms with E-state index in [1.165, 1.54) is 5.56 Å². The van der Waals surface area contributed by atoms with Gasteiger partial charge in [0.2, 0.25) is 0 Å². The third kappa shape index (κ3) is 5.35. The standard InChI is InChI=1S/C23H30N6/c1-24-23(25-14-11-22-27-20-9-5-6-10-21(20)28-22)26-19-12-15-29(16-13-19)17-18-7-3-2-4-8-18/h2-10,19H,11-17H2,1H3,(H,27,28)(H2,24,25,26). The van der Waals surface area contributed by atoms with Crippen LogP contribution in [0.5, 0.6) is 0 Å². The Hall–Kier alpha value is -2.86. The van der Waals surface area contributed by atoms with Crippen LogP contribution in [-0.2, 0) is 13.0 Å². The number of para-hydroxylation sites is 2. The van der Waals surface area contributed by atoms with Crippen molar-refractivity contribution in [2.45, 2.75) is 31.8 Å². The molecule has 0 amide bonds. The molecule has 1 fully saturated rings. The molecule has 1 aliphatic rings. The van der Waals surface area contributed by atoms with E-state index < -0.39 is 0 Å². The molecular weight excluding hydrogens is 360 g/mol. The molecule has 4 rings (SSSR count). The van der Waals surface area contributed by atoms with E-state index >= 15 is 0 Å². The van der Waals surface area contributed by atoms with Crippen molar-refractivity contribution in [3.63, 3.8) is 0 Å². The Balaban J connectivity index is 1.19. The first-order valence-corrected chi connectivity index (χ1v) is 10.5. The van der Waals surface area contributed by atoms with Gasteiger partial charge in [0, 0.05) is 45.7 Å². The number of nitrogens with zero attached hydrogens (tertiary/aromatic N) is 3. The maximum absolute atomic E-state index is 4.63. The summed E-state index contributed by atoms with van der Waals surface area (Å²) in [6.07, 6.45) is 3.11. The molecule has 1 aromatic heterocycles. The summed E-state index contributed by atoms with van der Waals surface area (Å²) in [6, 6.07) is 19.3. The lowest BCUT2D eigenvalue weighted by Gasteiger charge is -2.33. The summed E-state index contributed by atoms with van der Waals surface area (Å²) in [6.45, 7) is 4.06. The number of benzene rings is 2. The highest BCUT2D eigenvalue weighted by Gasteiger charge is 2.20. The minimum absolute atomic E-state index is 0.472. The molecule has 2 heterocycles. The number of aromatic amines is 1. The van der Waals surface area contributed by atoms with Crippen molar-refractivity contribution in [3.8, 4) is 0 Å². The number of guanidine groups is 1. The number of H-pyrrole nitrogens is 1. The highest BCUT2D eigenvalue weighted by molar-refractivity contribution is 5.80. The Kier molecular flexibility index (Phi) is 6.42. The highest BCUT2D eigenvalue weighted by Crippen LogP contribution is 2.14. The molecule has 0 aliphatic carbocycles. The molecule has 3 N–H and O–H groups in total. The summed E-state index contributed by atoms with van der Waals surface area (Å²) in [5, 5.41) is 7.01. The minimum atomic E-state index is 0.472. The Morgan fingerprint density at radius 3 is 2.62 bits per heavy atom. The first-order chi connectivity index (χ1) is 14.3. The quantitative estimate of drug-likeness (QED) is 0.447. The zero-order valence-corrected chi connectivity index (χ0v) is 17.1. The molecule has 0 saturated carbocycles. The summed E-state index contributed by atoms with van der Waals surface area (Å²) in [7, 11) is 1.83. The van der Waals surface area contributed by atoms with E-state index in [1.54, 1.807) is 0 Å². The summed E-state index contributed by atoms with van der Waals surface area (Å²) >= 11 is 0. The number of hydrogen-bond donors (Lipinski definition) is 3. The Bertz CT molecular complexity index is 892. The molecular formula is C23H30N6. The number of hydrogen-bond acceptors (Lipinski definition) is 3. The van der Waals surface area contributed by atoms with Crippen molar-refractivity contribution < 1.29 is 0 Å². The van der Waals surface area contributed by atoms with E-state index in [0.29, 0.717) is 6.04 Å². The van der Waals surface area contributed by atoms with Crippen molar-refractivity contribution in [3.05, 3.63) is 66.0 Å². The lowest BCUT2D eigenvalue weighted by atomic mass is 10.0. The number of nitrogens with one attached hydrogen (secondary N) is 3. The van der Waals surface area contributed by atoms with Gasteiger partial charge in [0.1, 0.15) is 5.82 Å². The maximum Gasteiger partial charge on any atom is 0.191 e. The largest absolute Gasteiger partial charge is 0.356 e. The van der Waals surface area contributed by atoms with Crippen LogP contribution < -0.4 is 10.6 Å². The molecule has 1 aliphatic heterocycles. The fourth-order valence-corrected chi connectivity index (χ4v) is 3.89. The van der Waals surface area contributed by atoms with Crippen LogP contribution >= 0.6 is 0 Å². The zero-order valence-electron chi connectivity index (χ0n) is 17.1. The van der Waals surface area contributed by atoms with Crippen LogP contribution in [0.15, 0.2) is 59.6 Å². The number of imidazole rings is 1. The van der Waals surface area contributed by atoms with Crippen molar-refractivity contribution >= 4 is 17.0 Å². The van der Waals surface area contributed by atoms with Gasteiger partial charge in [-0.05, 0) is 30.5 Å². The van der Waals surface area contributed by atoms with E-state index in [4.69, 9.17) is 0 Å². The lowest BCUT2D eigenvalue weighted by molar-refractivity contribution is 0.198. The second-order valence-corrected chi connectivity index (χ2v) is 7.63. The first-order valence-electron chi connectivity index (χ1n) is 10.5. The van der Waals surface area contributed by atoms with Gasteiger partial charge in [-0.15, -0.1) is 0 Å². The summed E-state index contributed by atoms with van der Waals surface area (Å²) in [5.41, 5.74) is 3.50. The van der Waals surface area contributed by atoms with Crippen LogP contribution in [0.3, 0.4) is 0 Å². The second-order valence-electron chi connectivity index (χ2n) is 7.63. The van der Waals surface area contributed by atoms with Gasteiger partial charge in [0.15, 0.2) is 5.96 Å². The third-order valence-electron chi connectivity index (χ3n) is 5.49. The highest BCUT2D eigenvalue weighted by atomic mass is 15.2. The van der Waals surface area contributed by atoms with Crippen LogP contribution in [0, 0.1) is 0 Å². The summed E-state index contributed by atoms with van der Waals surface area (Å²) in [5.74, 6) is 1.88. The first kappa shape index (κ1) is 19.5. The van der Waals surface area contributed by atoms with Crippen molar-refractivity contribution in [1.29, 1.82) is 0 Å². The normalized spacial score (nSPS) is 16.2. The molecule has 3 aromatic rings. The van der Waals surface area contributed by atoms with Gasteiger partial charge in [-0.25, -0.2) is 4.98 Å². The van der Waals surface area contributed by atoms with Crippen LogP contribution in [-0.4, -0.2) is 53.6 Å². The Morgan fingerprint density at radius 1 is 1.10 bits per heavy atom. The zero-order chi connectivity index (χ0) is 19.9. The molecule has 0 atom stereocenters. The number of piperidine rings is 1. The van der Waals surface area contributed by atoms with Gasteiger partial charge in [-0.2, -0.15) is 0 Å². The van der Waals surface area contributed by atoms with Crippen LogP contribution in [0.1, 0.15) is 24.2 Å². The molecule has 6 nitrogen and oxygen atoms in total. The fourth-order valence-electron chi connectivity index (χ4n) is 3.89. The SMILES string of the molecule is CN=C(NCCc1nc2ccccc2[nH]1)NC1CCN(Cc2ccccc2)CC1. The summed E-state index contributed by atoms with van der Waals surface area (Å²) in [4.78, 5) is 14.9. The van der Waals surface area contributed by atoms with Crippen molar-refractivity contribution in [2.24, 2.45) is 4.99 Å². The lowest BCUT2D eigenvalue weighted by Crippen LogP contribution is -2.48. The second kappa shape index (κ2) is 9.56. The molecule has 152 valence electrons. The summed E-state index contributed by atoms with van der Waals surface area (Å²) < 4.78 is 0. The average molecular weight is 391 g/mol.